The average molecular weight is 340 g/mol. The Morgan fingerprint density at radius 3 is 2.27 bits per heavy atom. The summed E-state index contributed by atoms with van der Waals surface area (Å²) in [5, 5.41) is 12.5. The molecule has 0 aliphatic heterocycles. The lowest BCUT2D eigenvalue weighted by atomic mass is 10.1. The van der Waals surface area contributed by atoms with Crippen LogP contribution in [0.3, 0.4) is 0 Å². The third kappa shape index (κ3) is 4.68. The molecule has 1 atom stereocenters. The zero-order valence-electron chi connectivity index (χ0n) is 11.3. The fourth-order valence-electron chi connectivity index (χ4n) is 1.62. The van der Waals surface area contributed by atoms with Gasteiger partial charge in [0, 0.05) is 0 Å². The second kappa shape index (κ2) is 7.07. The van der Waals surface area contributed by atoms with E-state index in [1.54, 1.807) is 0 Å². The topological polar surface area (TPSA) is 109 Å². The van der Waals surface area contributed by atoms with Crippen molar-refractivity contribution >= 4 is 15.7 Å². The molecule has 1 unspecified atom stereocenters. The third-order valence-electron chi connectivity index (χ3n) is 2.77. The molecule has 0 saturated carbocycles. The van der Waals surface area contributed by atoms with Crippen molar-refractivity contribution in [1.29, 1.82) is 0 Å². The molecular weight excluding hydrogens is 325 g/mol. The standard InChI is InChI=1S/C12H15F3N2O4S/c13-12(14,15)22(20,21)9-3-1-8(2-4-9)10(18)5-6-17-7-11(16)19/h1-4,10,17-18H,5-7H2,(H2,16,19). The van der Waals surface area contributed by atoms with Crippen LogP contribution in [-0.2, 0) is 14.6 Å². The van der Waals surface area contributed by atoms with Crippen molar-refractivity contribution in [2.45, 2.75) is 22.9 Å². The molecule has 4 N–H and O–H groups in total. The van der Waals surface area contributed by atoms with Crippen LogP contribution in [0.2, 0.25) is 0 Å². The minimum atomic E-state index is -5.39. The van der Waals surface area contributed by atoms with Gasteiger partial charge in [0.15, 0.2) is 0 Å². The van der Waals surface area contributed by atoms with Crippen LogP contribution in [0.5, 0.6) is 0 Å². The molecule has 0 bridgehead atoms. The van der Waals surface area contributed by atoms with Crippen LogP contribution in [-0.4, -0.2) is 38.0 Å². The van der Waals surface area contributed by atoms with E-state index < -0.39 is 32.3 Å². The first kappa shape index (κ1) is 18.4. The van der Waals surface area contributed by atoms with Crippen molar-refractivity contribution in [3.8, 4) is 0 Å². The predicted molar refractivity (Wildman–Crippen MR) is 71.3 cm³/mol. The Morgan fingerprint density at radius 2 is 1.82 bits per heavy atom. The van der Waals surface area contributed by atoms with Gasteiger partial charge in [-0.2, -0.15) is 13.2 Å². The van der Waals surface area contributed by atoms with Gasteiger partial charge in [-0.1, -0.05) is 12.1 Å². The maximum Gasteiger partial charge on any atom is 0.501 e. The number of hydrogen-bond donors (Lipinski definition) is 3. The molecule has 0 radical (unpaired) electrons. The van der Waals surface area contributed by atoms with E-state index in [4.69, 9.17) is 5.73 Å². The Bertz CT molecular complexity index is 614. The third-order valence-corrected chi connectivity index (χ3v) is 4.28. The van der Waals surface area contributed by atoms with Crippen LogP contribution in [0.15, 0.2) is 29.2 Å². The Kier molecular flexibility index (Phi) is 5.92. The number of carbonyl (C=O) groups is 1. The molecule has 1 aromatic carbocycles. The van der Waals surface area contributed by atoms with E-state index in [9.17, 15) is 31.5 Å². The van der Waals surface area contributed by atoms with E-state index in [1.165, 1.54) is 0 Å². The number of rotatable bonds is 7. The van der Waals surface area contributed by atoms with E-state index in [1.807, 2.05) is 0 Å². The number of primary amides is 1. The Balaban J connectivity index is 2.71. The zero-order valence-corrected chi connectivity index (χ0v) is 12.1. The fraction of sp³-hybridized carbons (Fsp3) is 0.417. The summed E-state index contributed by atoms with van der Waals surface area (Å²) in [5.41, 5.74) is -0.203. The molecule has 0 aliphatic carbocycles. The molecular formula is C12H15F3N2O4S. The summed E-state index contributed by atoms with van der Waals surface area (Å²) < 4.78 is 59.4. The van der Waals surface area contributed by atoms with Gasteiger partial charge in [-0.15, -0.1) is 0 Å². The number of aliphatic hydroxyl groups is 1. The molecule has 0 heterocycles. The van der Waals surface area contributed by atoms with E-state index in [-0.39, 0.29) is 25.1 Å². The minimum Gasteiger partial charge on any atom is -0.388 e. The zero-order chi connectivity index (χ0) is 17.0. The molecule has 1 aromatic rings. The number of nitrogens with one attached hydrogen (secondary N) is 1. The van der Waals surface area contributed by atoms with Gasteiger partial charge in [0.1, 0.15) is 0 Å². The van der Waals surface area contributed by atoms with Gasteiger partial charge in [0.2, 0.25) is 5.91 Å². The van der Waals surface area contributed by atoms with E-state index in [0.717, 1.165) is 24.3 Å². The number of sulfone groups is 1. The number of aliphatic hydroxyl groups excluding tert-OH is 1. The summed E-state index contributed by atoms with van der Waals surface area (Å²) in [7, 11) is -5.39. The van der Waals surface area contributed by atoms with Crippen molar-refractivity contribution in [1.82, 2.24) is 5.32 Å². The van der Waals surface area contributed by atoms with Crippen molar-refractivity contribution in [2.75, 3.05) is 13.1 Å². The first-order valence-electron chi connectivity index (χ1n) is 6.14. The monoisotopic (exact) mass is 340 g/mol. The summed E-state index contributed by atoms with van der Waals surface area (Å²) in [6.45, 7) is 0.197. The second-order valence-corrected chi connectivity index (χ2v) is 6.41. The van der Waals surface area contributed by atoms with Gasteiger partial charge in [0.05, 0.1) is 17.5 Å². The molecule has 0 aliphatic rings. The van der Waals surface area contributed by atoms with Crippen molar-refractivity contribution in [2.24, 2.45) is 5.73 Å². The Hall–Kier alpha value is -1.65. The molecule has 22 heavy (non-hydrogen) atoms. The van der Waals surface area contributed by atoms with Crippen molar-refractivity contribution in [3.63, 3.8) is 0 Å². The second-order valence-electron chi connectivity index (χ2n) is 4.47. The molecule has 0 fully saturated rings. The van der Waals surface area contributed by atoms with E-state index >= 15 is 0 Å². The highest BCUT2D eigenvalue weighted by atomic mass is 32.2. The number of halogens is 3. The molecule has 0 saturated heterocycles. The quantitative estimate of drug-likeness (QED) is 0.626. The van der Waals surface area contributed by atoms with E-state index in [2.05, 4.69) is 5.32 Å². The van der Waals surface area contributed by atoms with Crippen LogP contribution in [0, 0.1) is 0 Å². The maximum atomic E-state index is 12.4. The Morgan fingerprint density at radius 1 is 1.27 bits per heavy atom. The van der Waals surface area contributed by atoms with E-state index in [0.29, 0.717) is 0 Å². The summed E-state index contributed by atoms with van der Waals surface area (Å²) in [4.78, 5) is 9.59. The van der Waals surface area contributed by atoms with Gasteiger partial charge in [0.25, 0.3) is 9.84 Å². The SMILES string of the molecule is NC(=O)CNCCC(O)c1ccc(S(=O)(=O)C(F)(F)F)cc1. The molecule has 6 nitrogen and oxygen atoms in total. The maximum absolute atomic E-state index is 12.4. The van der Waals surface area contributed by atoms with Gasteiger partial charge in [-0.05, 0) is 30.7 Å². The van der Waals surface area contributed by atoms with Crippen LogP contribution in [0.25, 0.3) is 0 Å². The lowest BCUT2D eigenvalue weighted by molar-refractivity contribution is -0.117. The largest absolute Gasteiger partial charge is 0.501 e. The number of nitrogens with two attached hydrogens (primary N) is 1. The first-order chi connectivity index (χ1) is 10.1. The normalized spacial score (nSPS) is 13.8. The predicted octanol–water partition coefficient (Wildman–Crippen LogP) is 0.479. The lowest BCUT2D eigenvalue weighted by Crippen LogP contribution is -2.29. The molecule has 0 aromatic heterocycles. The number of hydrogen-bond acceptors (Lipinski definition) is 5. The fourth-order valence-corrected chi connectivity index (χ4v) is 2.38. The van der Waals surface area contributed by atoms with Gasteiger partial charge in [-0.3, -0.25) is 4.79 Å². The molecule has 10 heteroatoms. The highest BCUT2D eigenvalue weighted by Gasteiger charge is 2.46. The summed E-state index contributed by atoms with van der Waals surface area (Å²) >= 11 is 0. The lowest BCUT2D eigenvalue weighted by Gasteiger charge is -2.13. The summed E-state index contributed by atoms with van der Waals surface area (Å²) in [6.07, 6.45) is -0.832. The number of alkyl halides is 3. The van der Waals surface area contributed by atoms with Crippen molar-refractivity contribution in [3.05, 3.63) is 29.8 Å². The number of amides is 1. The highest BCUT2D eigenvalue weighted by molar-refractivity contribution is 7.92. The van der Waals surface area contributed by atoms with Crippen LogP contribution < -0.4 is 11.1 Å². The molecule has 1 rings (SSSR count). The van der Waals surface area contributed by atoms with Crippen LogP contribution >= 0.6 is 0 Å². The summed E-state index contributed by atoms with van der Waals surface area (Å²) in [6, 6.07) is 3.80. The number of benzene rings is 1. The van der Waals surface area contributed by atoms with Crippen LogP contribution in [0.4, 0.5) is 13.2 Å². The van der Waals surface area contributed by atoms with Gasteiger partial charge < -0.3 is 16.2 Å². The molecule has 124 valence electrons. The van der Waals surface area contributed by atoms with Crippen molar-refractivity contribution < 1.29 is 31.5 Å². The summed E-state index contributed by atoms with van der Waals surface area (Å²) in [5.74, 6) is -0.559. The van der Waals surface area contributed by atoms with Gasteiger partial charge >= 0.3 is 5.51 Å². The highest BCUT2D eigenvalue weighted by Crippen LogP contribution is 2.30. The molecule has 0 spiro atoms. The average Bonchev–Trinajstić information content (AvgIpc) is 2.42. The van der Waals surface area contributed by atoms with Crippen LogP contribution in [0.1, 0.15) is 18.1 Å². The molecule has 1 amide bonds. The van der Waals surface area contributed by atoms with Gasteiger partial charge in [-0.25, -0.2) is 8.42 Å². The number of carbonyl (C=O) groups excluding carboxylic acids is 1. The Labute approximate surface area is 125 Å². The smallest absolute Gasteiger partial charge is 0.388 e. The minimum absolute atomic E-state index is 0.0600. The first-order valence-corrected chi connectivity index (χ1v) is 7.62.